The second kappa shape index (κ2) is 13.6. The molecule has 12 heteroatoms. The molecule has 2 N–H and O–H groups in total. The van der Waals surface area contributed by atoms with Crippen LogP contribution in [0.2, 0.25) is 10.0 Å². The summed E-state index contributed by atoms with van der Waals surface area (Å²) < 4.78 is 41.5. The van der Waals surface area contributed by atoms with Crippen LogP contribution in [0.15, 0.2) is 60.7 Å². The molecular formula is C34H37Cl2F2N3O5. The Balaban J connectivity index is 1.59. The van der Waals surface area contributed by atoms with Crippen molar-refractivity contribution in [2.45, 2.75) is 49.7 Å². The number of primary amides is 1. The minimum atomic E-state index is -3.12. The summed E-state index contributed by atoms with van der Waals surface area (Å²) in [6.45, 7) is 0.960. The van der Waals surface area contributed by atoms with Crippen LogP contribution >= 0.6 is 23.2 Å². The van der Waals surface area contributed by atoms with Gasteiger partial charge in [0.1, 0.15) is 0 Å². The zero-order valence-electron chi connectivity index (χ0n) is 25.9. The Labute approximate surface area is 277 Å². The number of amides is 2. The smallest absolute Gasteiger partial charge is 0.387 e. The quantitative estimate of drug-likeness (QED) is 0.271. The van der Waals surface area contributed by atoms with E-state index in [2.05, 4.69) is 16.6 Å². The number of carbonyl (C=O) groups is 2. The molecule has 8 nitrogen and oxygen atoms in total. The number of alkyl halides is 2. The van der Waals surface area contributed by atoms with E-state index in [-0.39, 0.29) is 47.2 Å². The average molecular weight is 677 g/mol. The van der Waals surface area contributed by atoms with E-state index in [0.29, 0.717) is 48.9 Å². The number of likely N-dealkylation sites (N-methyl/N-ethyl adjacent to an activating group) is 1. The number of methoxy groups -OCH3 is 2. The summed E-state index contributed by atoms with van der Waals surface area (Å²) in [5.41, 5.74) is 6.58. The number of hydrogen-bond donors (Lipinski definition) is 1. The molecule has 3 aromatic carbocycles. The molecule has 2 aliphatic heterocycles. The van der Waals surface area contributed by atoms with Crippen molar-refractivity contribution < 1.29 is 32.6 Å². The van der Waals surface area contributed by atoms with Crippen LogP contribution in [0.25, 0.3) is 0 Å². The second-order valence-electron chi connectivity index (χ2n) is 11.8. The van der Waals surface area contributed by atoms with Crippen LogP contribution in [0, 0.1) is 0 Å². The maximum atomic E-state index is 14.1. The first-order valence-electron chi connectivity index (χ1n) is 15.0. The van der Waals surface area contributed by atoms with E-state index in [1.165, 1.54) is 26.4 Å². The topological polar surface area (TPSA) is 94.3 Å². The molecule has 0 bridgehead atoms. The lowest BCUT2D eigenvalue weighted by Gasteiger charge is -2.52. The summed E-state index contributed by atoms with van der Waals surface area (Å²) in [5, 5.41) is 0.791. The molecule has 0 radical (unpaired) electrons. The van der Waals surface area contributed by atoms with Crippen molar-refractivity contribution >= 4 is 35.0 Å². The molecule has 3 unspecified atom stereocenters. The Morgan fingerprint density at radius 1 is 0.957 bits per heavy atom. The summed E-state index contributed by atoms with van der Waals surface area (Å²) >= 11 is 12.9. The summed E-state index contributed by atoms with van der Waals surface area (Å²) in [6.07, 6.45) is 1.55. The van der Waals surface area contributed by atoms with Crippen LogP contribution in [-0.2, 0) is 15.6 Å². The molecule has 0 saturated carbocycles. The molecule has 2 aliphatic rings. The van der Waals surface area contributed by atoms with E-state index >= 15 is 0 Å². The molecule has 3 aromatic rings. The number of hydrogen-bond acceptors (Lipinski definition) is 6. The van der Waals surface area contributed by atoms with Gasteiger partial charge >= 0.3 is 6.61 Å². The van der Waals surface area contributed by atoms with Gasteiger partial charge in [0, 0.05) is 30.1 Å². The average Bonchev–Trinajstić information content (AvgIpc) is 3.52. The predicted molar refractivity (Wildman–Crippen MR) is 172 cm³/mol. The maximum Gasteiger partial charge on any atom is 0.387 e. The van der Waals surface area contributed by atoms with Gasteiger partial charge in [-0.1, -0.05) is 66.5 Å². The van der Waals surface area contributed by atoms with Crippen LogP contribution < -0.4 is 19.9 Å². The fraction of sp³-hybridized carbons (Fsp3) is 0.412. The van der Waals surface area contributed by atoms with Crippen LogP contribution in [0.3, 0.4) is 0 Å². The number of piperidine rings is 1. The molecule has 2 saturated heterocycles. The van der Waals surface area contributed by atoms with Crippen molar-refractivity contribution in [2.24, 2.45) is 5.73 Å². The summed E-state index contributed by atoms with van der Waals surface area (Å²) in [4.78, 5) is 31.6. The minimum absolute atomic E-state index is 0.0588. The minimum Gasteiger partial charge on any atom is -0.493 e. The largest absolute Gasteiger partial charge is 0.493 e. The van der Waals surface area contributed by atoms with Crippen molar-refractivity contribution in [3.63, 3.8) is 0 Å². The second-order valence-corrected chi connectivity index (χ2v) is 12.6. The van der Waals surface area contributed by atoms with Crippen molar-refractivity contribution in [1.29, 1.82) is 0 Å². The molecule has 5 rings (SSSR count). The first-order valence-corrected chi connectivity index (χ1v) is 15.8. The van der Waals surface area contributed by atoms with Crippen LogP contribution in [-0.4, -0.2) is 74.7 Å². The fourth-order valence-electron chi connectivity index (χ4n) is 7.26. The van der Waals surface area contributed by atoms with Crippen LogP contribution in [0.4, 0.5) is 8.78 Å². The third-order valence-electron chi connectivity index (χ3n) is 9.65. The van der Waals surface area contributed by atoms with E-state index in [0.717, 1.165) is 11.1 Å². The highest BCUT2D eigenvalue weighted by Gasteiger charge is 2.55. The number of likely N-dealkylation sites (tertiary alicyclic amines) is 2. The number of nitrogens with zero attached hydrogens (tertiary/aromatic N) is 2. The standard InChI is InChI=1S/C34H37Cl2F2N3O5/c1-4-40-14-12-33(31(39)43,22-8-6-5-7-9-22)19-28(40)34(23-10-11-24(35)25(36)18-23)13-15-41(20-34)30(42)21-16-26(44-2)29(46-32(37)38)27(17-21)45-3/h5-11,16-18,28,32H,4,12-15,19-20H2,1-3H3,(H2,39,43). The molecule has 2 amide bonds. The molecule has 0 aromatic heterocycles. The number of nitrogens with two attached hydrogens (primary N) is 1. The van der Waals surface area contributed by atoms with Gasteiger partial charge in [0.05, 0.1) is 29.7 Å². The van der Waals surface area contributed by atoms with Gasteiger partial charge in [-0.05, 0) is 67.7 Å². The monoisotopic (exact) mass is 675 g/mol. The highest BCUT2D eigenvalue weighted by atomic mass is 35.5. The third-order valence-corrected chi connectivity index (χ3v) is 10.4. The van der Waals surface area contributed by atoms with E-state index in [4.69, 9.17) is 38.4 Å². The lowest BCUT2D eigenvalue weighted by Crippen LogP contribution is -2.61. The highest BCUT2D eigenvalue weighted by molar-refractivity contribution is 6.42. The number of carbonyl (C=O) groups excluding carboxylic acids is 2. The van der Waals surface area contributed by atoms with Crippen LogP contribution in [0.5, 0.6) is 17.2 Å². The van der Waals surface area contributed by atoms with Gasteiger partial charge in [-0.2, -0.15) is 8.78 Å². The van der Waals surface area contributed by atoms with Crippen molar-refractivity contribution in [3.8, 4) is 17.2 Å². The summed E-state index contributed by atoms with van der Waals surface area (Å²) in [5.74, 6) is -1.15. The maximum absolute atomic E-state index is 14.1. The van der Waals surface area contributed by atoms with Gasteiger partial charge < -0.3 is 24.8 Å². The van der Waals surface area contributed by atoms with Crippen molar-refractivity contribution in [3.05, 3.63) is 87.4 Å². The van der Waals surface area contributed by atoms with Crippen LogP contribution in [0.1, 0.15) is 47.7 Å². The van der Waals surface area contributed by atoms with Gasteiger partial charge in [-0.15, -0.1) is 0 Å². The SMILES string of the molecule is CCN1CCC(C(N)=O)(c2ccccc2)CC1C1(c2ccc(Cl)c(Cl)c2)CCN(C(=O)c2cc(OC)c(OC(F)F)c(OC)c2)C1. The Morgan fingerprint density at radius 2 is 1.63 bits per heavy atom. The molecule has 3 atom stereocenters. The number of ether oxygens (including phenoxy) is 3. The lowest BCUT2D eigenvalue weighted by atomic mass is 9.61. The highest BCUT2D eigenvalue weighted by Crippen LogP contribution is 2.50. The summed E-state index contributed by atoms with van der Waals surface area (Å²) in [7, 11) is 2.60. The van der Waals surface area contributed by atoms with E-state index in [1.807, 2.05) is 42.5 Å². The van der Waals surface area contributed by atoms with Gasteiger partial charge in [0.2, 0.25) is 11.7 Å². The molecule has 46 heavy (non-hydrogen) atoms. The zero-order chi connectivity index (χ0) is 33.2. The fourth-order valence-corrected chi connectivity index (χ4v) is 7.56. The molecule has 246 valence electrons. The van der Waals surface area contributed by atoms with Gasteiger partial charge in [-0.3, -0.25) is 14.5 Å². The van der Waals surface area contributed by atoms with Gasteiger partial charge in [-0.25, -0.2) is 0 Å². The Hall–Kier alpha value is -3.60. The number of rotatable bonds is 10. The van der Waals surface area contributed by atoms with Crippen molar-refractivity contribution in [2.75, 3.05) is 40.4 Å². The molecule has 0 aliphatic carbocycles. The Bertz CT molecular complexity index is 1570. The predicted octanol–water partition coefficient (Wildman–Crippen LogP) is 6.30. The normalized spacial score (nSPS) is 23.4. The Morgan fingerprint density at radius 3 is 2.20 bits per heavy atom. The van der Waals surface area contributed by atoms with Gasteiger partial charge in [0.25, 0.3) is 5.91 Å². The van der Waals surface area contributed by atoms with Gasteiger partial charge in [0.15, 0.2) is 11.5 Å². The van der Waals surface area contributed by atoms with E-state index in [1.54, 1.807) is 11.0 Å². The Kier molecular flexibility index (Phi) is 10.0. The number of benzene rings is 3. The lowest BCUT2D eigenvalue weighted by molar-refractivity contribution is -0.127. The first kappa shape index (κ1) is 33.8. The first-order chi connectivity index (χ1) is 22.0. The molecule has 2 fully saturated rings. The zero-order valence-corrected chi connectivity index (χ0v) is 27.4. The van der Waals surface area contributed by atoms with E-state index in [9.17, 15) is 18.4 Å². The number of halogens is 4. The molecule has 0 spiro atoms. The molecule has 2 heterocycles. The molecular weight excluding hydrogens is 639 g/mol. The third kappa shape index (κ3) is 6.10. The van der Waals surface area contributed by atoms with Crippen molar-refractivity contribution in [1.82, 2.24) is 9.80 Å². The van der Waals surface area contributed by atoms with E-state index < -0.39 is 17.4 Å². The summed E-state index contributed by atoms with van der Waals surface area (Å²) in [6, 6.07) is 17.7.